The molecule has 1 fully saturated rings. The Morgan fingerprint density at radius 3 is 2.57 bits per heavy atom. The molecule has 0 radical (unpaired) electrons. The molecule has 2 nitrogen and oxygen atoms in total. The normalized spacial score (nSPS) is 16.6. The number of rotatable bonds is 6. The summed E-state index contributed by atoms with van der Waals surface area (Å²) < 4.78 is 56.4. The smallest absolute Gasteiger partial charge is 0.377 e. The van der Waals surface area contributed by atoms with E-state index < -0.39 is 17.6 Å². The van der Waals surface area contributed by atoms with E-state index in [1.807, 2.05) is 0 Å². The monoisotopic (exact) mass is 305 g/mol. The summed E-state index contributed by atoms with van der Waals surface area (Å²) in [6.45, 7) is 1.37. The van der Waals surface area contributed by atoms with Crippen molar-refractivity contribution in [1.29, 1.82) is 0 Å². The average Bonchev–Trinajstić information content (AvgIpc) is 2.92. The lowest BCUT2D eigenvalue weighted by Gasteiger charge is -2.12. The lowest BCUT2D eigenvalue weighted by molar-refractivity contribution is -0.140. The van der Waals surface area contributed by atoms with E-state index in [0.717, 1.165) is 25.0 Å². The molecule has 0 atom stereocenters. The standard InChI is InChI=1S/C15H19F4NO/c16-14-6-5-11(9-13(14)15(17,18)19)10-20-7-8-21-12-3-1-2-4-12/h5-6,9,12,20H,1-4,7-8,10H2. The van der Waals surface area contributed by atoms with Gasteiger partial charge in [0.25, 0.3) is 0 Å². The maximum atomic E-state index is 13.1. The number of hydrogen-bond donors (Lipinski definition) is 1. The summed E-state index contributed by atoms with van der Waals surface area (Å²) >= 11 is 0. The van der Waals surface area contributed by atoms with Crippen molar-refractivity contribution < 1.29 is 22.3 Å². The summed E-state index contributed by atoms with van der Waals surface area (Å²) in [5, 5.41) is 3.01. The molecule has 0 spiro atoms. The molecule has 1 N–H and O–H groups in total. The molecule has 6 heteroatoms. The molecule has 0 saturated heterocycles. The van der Waals surface area contributed by atoms with Crippen molar-refractivity contribution in [3.63, 3.8) is 0 Å². The summed E-state index contributed by atoms with van der Waals surface area (Å²) in [5.41, 5.74) is -0.811. The second-order valence-electron chi connectivity index (χ2n) is 5.27. The SMILES string of the molecule is Fc1ccc(CNCCOC2CCCC2)cc1C(F)(F)F. The summed E-state index contributed by atoms with van der Waals surface area (Å²) in [4.78, 5) is 0. The molecule has 0 amide bonds. The second-order valence-corrected chi connectivity index (χ2v) is 5.27. The summed E-state index contributed by atoms with van der Waals surface area (Å²) in [6, 6.07) is 3.06. The summed E-state index contributed by atoms with van der Waals surface area (Å²) in [5.74, 6) is -1.24. The first-order chi connectivity index (χ1) is 9.97. The van der Waals surface area contributed by atoms with E-state index in [2.05, 4.69) is 5.32 Å². The number of ether oxygens (including phenoxy) is 1. The first kappa shape index (κ1) is 16.2. The van der Waals surface area contributed by atoms with Gasteiger partial charge in [-0.3, -0.25) is 0 Å². The Kier molecular flexibility index (Phi) is 5.58. The van der Waals surface area contributed by atoms with Crippen LogP contribution in [0.15, 0.2) is 18.2 Å². The van der Waals surface area contributed by atoms with Crippen molar-refractivity contribution in [1.82, 2.24) is 5.32 Å². The van der Waals surface area contributed by atoms with Crippen molar-refractivity contribution in [2.45, 2.75) is 44.5 Å². The van der Waals surface area contributed by atoms with Crippen LogP contribution in [-0.4, -0.2) is 19.3 Å². The van der Waals surface area contributed by atoms with Gasteiger partial charge in [0.05, 0.1) is 18.3 Å². The highest BCUT2D eigenvalue weighted by atomic mass is 19.4. The van der Waals surface area contributed by atoms with Crippen LogP contribution >= 0.6 is 0 Å². The number of hydrogen-bond acceptors (Lipinski definition) is 2. The maximum absolute atomic E-state index is 13.1. The van der Waals surface area contributed by atoms with Gasteiger partial charge in [0.2, 0.25) is 0 Å². The van der Waals surface area contributed by atoms with Crippen LogP contribution in [0.4, 0.5) is 17.6 Å². The van der Waals surface area contributed by atoms with Gasteiger partial charge < -0.3 is 10.1 Å². The van der Waals surface area contributed by atoms with Gasteiger partial charge in [-0.15, -0.1) is 0 Å². The first-order valence-electron chi connectivity index (χ1n) is 7.15. The van der Waals surface area contributed by atoms with Gasteiger partial charge in [-0.1, -0.05) is 18.9 Å². The third-order valence-corrected chi connectivity index (χ3v) is 3.60. The van der Waals surface area contributed by atoms with E-state index in [-0.39, 0.29) is 6.54 Å². The highest BCUT2D eigenvalue weighted by molar-refractivity contribution is 5.27. The highest BCUT2D eigenvalue weighted by Gasteiger charge is 2.34. The van der Waals surface area contributed by atoms with Crippen LogP contribution in [-0.2, 0) is 17.5 Å². The van der Waals surface area contributed by atoms with Gasteiger partial charge in [0, 0.05) is 13.1 Å². The predicted octanol–water partition coefficient (Wildman–Crippen LogP) is 3.89. The fourth-order valence-corrected chi connectivity index (χ4v) is 2.49. The molecule has 2 rings (SSSR count). The van der Waals surface area contributed by atoms with Crippen LogP contribution in [0.2, 0.25) is 0 Å². The fourth-order valence-electron chi connectivity index (χ4n) is 2.49. The molecule has 1 aliphatic carbocycles. The van der Waals surface area contributed by atoms with Crippen LogP contribution < -0.4 is 5.32 Å². The molecule has 0 aliphatic heterocycles. The number of nitrogens with one attached hydrogen (secondary N) is 1. The van der Waals surface area contributed by atoms with Crippen LogP contribution in [0.5, 0.6) is 0 Å². The van der Waals surface area contributed by atoms with Crippen molar-refractivity contribution in [2.24, 2.45) is 0 Å². The maximum Gasteiger partial charge on any atom is 0.419 e. The molecule has 0 heterocycles. The van der Waals surface area contributed by atoms with Crippen molar-refractivity contribution in [3.8, 4) is 0 Å². The minimum Gasteiger partial charge on any atom is -0.377 e. The summed E-state index contributed by atoms with van der Waals surface area (Å²) in [7, 11) is 0. The number of benzene rings is 1. The first-order valence-corrected chi connectivity index (χ1v) is 7.15. The molecule has 1 aliphatic rings. The third-order valence-electron chi connectivity index (χ3n) is 3.60. The second kappa shape index (κ2) is 7.22. The van der Waals surface area contributed by atoms with Crippen LogP contribution in [0, 0.1) is 5.82 Å². The average molecular weight is 305 g/mol. The van der Waals surface area contributed by atoms with Crippen LogP contribution in [0.1, 0.15) is 36.8 Å². The van der Waals surface area contributed by atoms with E-state index in [1.54, 1.807) is 0 Å². The fraction of sp³-hybridized carbons (Fsp3) is 0.600. The largest absolute Gasteiger partial charge is 0.419 e. The third kappa shape index (κ3) is 4.97. The number of halogens is 4. The van der Waals surface area contributed by atoms with Gasteiger partial charge in [0.15, 0.2) is 0 Å². The predicted molar refractivity (Wildman–Crippen MR) is 71.3 cm³/mol. The Labute approximate surface area is 121 Å². The van der Waals surface area contributed by atoms with E-state index in [9.17, 15) is 17.6 Å². The zero-order chi connectivity index (χ0) is 15.3. The topological polar surface area (TPSA) is 21.3 Å². The Hall–Kier alpha value is -1.14. The zero-order valence-corrected chi connectivity index (χ0v) is 11.7. The molecule has 21 heavy (non-hydrogen) atoms. The van der Waals surface area contributed by atoms with Crippen molar-refractivity contribution >= 4 is 0 Å². The van der Waals surface area contributed by atoms with Gasteiger partial charge in [-0.05, 0) is 30.5 Å². The molecule has 1 saturated carbocycles. The minimum atomic E-state index is -4.66. The molecular formula is C15H19F4NO. The zero-order valence-electron chi connectivity index (χ0n) is 11.7. The molecule has 0 unspecified atom stereocenters. The Morgan fingerprint density at radius 1 is 1.19 bits per heavy atom. The molecular weight excluding hydrogens is 286 g/mol. The van der Waals surface area contributed by atoms with Gasteiger partial charge in [0.1, 0.15) is 5.82 Å². The van der Waals surface area contributed by atoms with E-state index in [4.69, 9.17) is 4.74 Å². The van der Waals surface area contributed by atoms with E-state index >= 15 is 0 Å². The molecule has 118 valence electrons. The summed E-state index contributed by atoms with van der Waals surface area (Å²) in [6.07, 6.45) is 0.252. The Balaban J connectivity index is 1.75. The molecule has 0 aromatic heterocycles. The van der Waals surface area contributed by atoms with E-state index in [1.165, 1.54) is 18.9 Å². The van der Waals surface area contributed by atoms with Gasteiger partial charge in [-0.2, -0.15) is 13.2 Å². The van der Waals surface area contributed by atoms with Gasteiger partial charge in [-0.25, -0.2) is 4.39 Å². The van der Waals surface area contributed by atoms with Crippen molar-refractivity contribution in [3.05, 3.63) is 35.1 Å². The number of alkyl halides is 3. The van der Waals surface area contributed by atoms with Gasteiger partial charge >= 0.3 is 6.18 Å². The van der Waals surface area contributed by atoms with E-state index in [0.29, 0.717) is 24.8 Å². The lowest BCUT2D eigenvalue weighted by Crippen LogP contribution is -2.22. The Bertz CT molecular complexity index is 455. The minimum absolute atomic E-state index is 0.261. The van der Waals surface area contributed by atoms with Crippen molar-refractivity contribution in [2.75, 3.05) is 13.2 Å². The Morgan fingerprint density at radius 2 is 1.90 bits per heavy atom. The lowest BCUT2D eigenvalue weighted by atomic mass is 10.1. The molecule has 1 aromatic rings. The molecule has 0 bridgehead atoms. The van der Waals surface area contributed by atoms with Crippen LogP contribution in [0.25, 0.3) is 0 Å². The van der Waals surface area contributed by atoms with Crippen LogP contribution in [0.3, 0.4) is 0 Å². The quantitative estimate of drug-likeness (QED) is 0.636. The molecule has 1 aromatic carbocycles. The highest BCUT2D eigenvalue weighted by Crippen LogP contribution is 2.31.